The molecule has 0 amide bonds. The van der Waals surface area contributed by atoms with Gasteiger partial charge in [-0.25, -0.2) is 4.39 Å². The number of benzene rings is 1. The van der Waals surface area contributed by atoms with Gasteiger partial charge in [-0.3, -0.25) is 0 Å². The summed E-state index contributed by atoms with van der Waals surface area (Å²) in [6.07, 6.45) is 2.70. The number of H-pyrrole nitrogens is 1. The zero-order chi connectivity index (χ0) is 9.71. The summed E-state index contributed by atoms with van der Waals surface area (Å²) >= 11 is 0. The van der Waals surface area contributed by atoms with Gasteiger partial charge in [0.05, 0.1) is 0 Å². The number of aromatic amines is 1. The van der Waals surface area contributed by atoms with Crippen molar-refractivity contribution in [2.75, 3.05) is 0 Å². The third-order valence-electron chi connectivity index (χ3n) is 2.68. The molecule has 3 heteroatoms. The maximum Gasteiger partial charge on any atom is 0.167 e. The van der Waals surface area contributed by atoms with Gasteiger partial charge in [-0.05, 0) is 13.0 Å². The molecule has 2 heterocycles. The normalized spacial score (nSPS) is 19.7. The lowest BCUT2D eigenvalue weighted by atomic mass is 10.1. The molecule has 1 aliphatic heterocycles. The lowest BCUT2D eigenvalue weighted by Crippen LogP contribution is -2.05. The fourth-order valence-corrected chi connectivity index (χ4v) is 2.08. The summed E-state index contributed by atoms with van der Waals surface area (Å²) in [6, 6.07) is 3.46. The van der Waals surface area contributed by atoms with Crippen LogP contribution >= 0.6 is 0 Å². The van der Waals surface area contributed by atoms with Crippen LogP contribution in [0.5, 0.6) is 5.75 Å². The van der Waals surface area contributed by atoms with E-state index >= 15 is 0 Å². The summed E-state index contributed by atoms with van der Waals surface area (Å²) in [4.78, 5) is 3.01. The van der Waals surface area contributed by atoms with Gasteiger partial charge in [-0.1, -0.05) is 0 Å². The van der Waals surface area contributed by atoms with E-state index in [1.54, 1.807) is 0 Å². The number of rotatable bonds is 0. The van der Waals surface area contributed by atoms with Crippen LogP contribution in [0.1, 0.15) is 12.5 Å². The van der Waals surface area contributed by atoms with E-state index in [-0.39, 0.29) is 11.9 Å². The van der Waals surface area contributed by atoms with Gasteiger partial charge in [0.25, 0.3) is 0 Å². The number of nitrogens with one attached hydrogen (secondary N) is 1. The second-order valence-electron chi connectivity index (χ2n) is 3.74. The van der Waals surface area contributed by atoms with E-state index in [4.69, 9.17) is 4.74 Å². The van der Waals surface area contributed by atoms with E-state index in [0.717, 1.165) is 22.9 Å². The zero-order valence-corrected chi connectivity index (χ0v) is 7.80. The third-order valence-corrected chi connectivity index (χ3v) is 2.68. The van der Waals surface area contributed by atoms with Crippen molar-refractivity contribution in [1.29, 1.82) is 0 Å². The fourth-order valence-electron chi connectivity index (χ4n) is 2.08. The molecular weight excluding hydrogens is 181 g/mol. The highest BCUT2D eigenvalue weighted by Gasteiger charge is 2.25. The first-order chi connectivity index (χ1) is 6.75. The molecular formula is C11H10FNO. The molecule has 0 radical (unpaired) electrons. The van der Waals surface area contributed by atoms with Gasteiger partial charge in [-0.15, -0.1) is 0 Å². The van der Waals surface area contributed by atoms with Crippen LogP contribution in [0.3, 0.4) is 0 Å². The van der Waals surface area contributed by atoms with Crippen LogP contribution in [0.4, 0.5) is 4.39 Å². The molecule has 14 heavy (non-hydrogen) atoms. The molecule has 1 unspecified atom stereocenters. The van der Waals surface area contributed by atoms with Crippen LogP contribution < -0.4 is 4.74 Å². The van der Waals surface area contributed by atoms with Crippen LogP contribution in [0.15, 0.2) is 18.3 Å². The van der Waals surface area contributed by atoms with Crippen molar-refractivity contribution < 1.29 is 9.13 Å². The van der Waals surface area contributed by atoms with Crippen LogP contribution in [0.2, 0.25) is 0 Å². The number of fused-ring (bicyclic) bond motifs is 3. The Kier molecular flexibility index (Phi) is 1.40. The third kappa shape index (κ3) is 0.895. The first-order valence-electron chi connectivity index (χ1n) is 4.71. The molecule has 0 saturated heterocycles. The number of hydrogen-bond acceptors (Lipinski definition) is 1. The molecule has 1 aromatic heterocycles. The molecule has 1 atom stereocenters. The summed E-state index contributed by atoms with van der Waals surface area (Å²) in [5, 5.41) is 1.07. The van der Waals surface area contributed by atoms with Crippen molar-refractivity contribution in [3.8, 4) is 5.75 Å². The van der Waals surface area contributed by atoms with Crippen LogP contribution in [0, 0.1) is 5.82 Å². The molecule has 0 bridgehead atoms. The molecule has 2 aromatic rings. The SMILES string of the molecule is CC1Cc2c(c(F)cc3[nH]ccc23)O1. The maximum atomic E-state index is 13.5. The molecule has 1 aliphatic rings. The summed E-state index contributed by atoms with van der Waals surface area (Å²) < 4.78 is 19.0. The van der Waals surface area contributed by atoms with Crippen LogP contribution in [-0.4, -0.2) is 11.1 Å². The number of halogens is 1. The number of ether oxygens (including phenoxy) is 1. The Morgan fingerprint density at radius 3 is 3.29 bits per heavy atom. The van der Waals surface area contributed by atoms with Gasteiger partial charge in [0.1, 0.15) is 6.10 Å². The number of aromatic nitrogens is 1. The molecule has 1 N–H and O–H groups in total. The van der Waals surface area contributed by atoms with Crippen molar-refractivity contribution in [1.82, 2.24) is 4.98 Å². The Bertz CT molecular complexity index is 503. The van der Waals surface area contributed by atoms with Crippen molar-refractivity contribution in [3.63, 3.8) is 0 Å². The maximum absolute atomic E-state index is 13.5. The molecule has 0 aliphatic carbocycles. The Morgan fingerprint density at radius 1 is 1.57 bits per heavy atom. The zero-order valence-electron chi connectivity index (χ0n) is 7.80. The average molecular weight is 191 g/mol. The predicted molar refractivity (Wildman–Crippen MR) is 52.1 cm³/mol. The first-order valence-corrected chi connectivity index (χ1v) is 4.71. The van der Waals surface area contributed by atoms with Crippen molar-refractivity contribution >= 4 is 10.9 Å². The van der Waals surface area contributed by atoms with Crippen molar-refractivity contribution in [2.24, 2.45) is 0 Å². The van der Waals surface area contributed by atoms with E-state index in [9.17, 15) is 4.39 Å². The smallest absolute Gasteiger partial charge is 0.167 e. The Morgan fingerprint density at radius 2 is 2.43 bits per heavy atom. The van der Waals surface area contributed by atoms with Gasteiger partial charge in [0.2, 0.25) is 0 Å². The van der Waals surface area contributed by atoms with E-state index in [2.05, 4.69) is 4.98 Å². The summed E-state index contributed by atoms with van der Waals surface area (Å²) in [6.45, 7) is 1.96. The molecule has 3 rings (SSSR count). The largest absolute Gasteiger partial charge is 0.487 e. The first kappa shape index (κ1) is 7.85. The lowest BCUT2D eigenvalue weighted by molar-refractivity contribution is 0.245. The van der Waals surface area contributed by atoms with Crippen molar-refractivity contribution in [2.45, 2.75) is 19.4 Å². The van der Waals surface area contributed by atoms with Crippen molar-refractivity contribution in [3.05, 3.63) is 29.7 Å². The summed E-state index contributed by atoms with van der Waals surface area (Å²) in [5.41, 5.74) is 1.84. The highest BCUT2D eigenvalue weighted by atomic mass is 19.1. The lowest BCUT2D eigenvalue weighted by Gasteiger charge is -2.03. The fraction of sp³-hybridized carbons (Fsp3) is 0.273. The molecule has 0 saturated carbocycles. The van der Waals surface area contributed by atoms with E-state index in [0.29, 0.717) is 5.75 Å². The minimum absolute atomic E-state index is 0.0833. The van der Waals surface area contributed by atoms with Gasteiger partial charge < -0.3 is 9.72 Å². The van der Waals surface area contributed by atoms with Crippen LogP contribution in [-0.2, 0) is 6.42 Å². The highest BCUT2D eigenvalue weighted by Crippen LogP contribution is 2.37. The van der Waals surface area contributed by atoms with Gasteiger partial charge in [0.15, 0.2) is 11.6 Å². The van der Waals surface area contributed by atoms with E-state index < -0.39 is 0 Å². The Hall–Kier alpha value is -1.51. The second kappa shape index (κ2) is 2.50. The standard InChI is InChI=1S/C11H10FNO/c1-6-4-8-7-2-3-13-10(7)5-9(12)11(8)14-6/h2-3,5-6,13H,4H2,1H3. The van der Waals surface area contributed by atoms with E-state index in [1.807, 2.05) is 19.2 Å². The molecule has 2 nitrogen and oxygen atoms in total. The molecule has 0 spiro atoms. The molecule has 1 aromatic carbocycles. The quantitative estimate of drug-likeness (QED) is 0.680. The minimum Gasteiger partial charge on any atom is -0.487 e. The Labute approximate surface area is 80.7 Å². The Balaban J connectivity index is 2.38. The minimum atomic E-state index is -0.265. The van der Waals surface area contributed by atoms with E-state index in [1.165, 1.54) is 6.07 Å². The topological polar surface area (TPSA) is 25.0 Å². The number of hydrogen-bond donors (Lipinski definition) is 1. The monoisotopic (exact) mass is 191 g/mol. The predicted octanol–water partition coefficient (Wildman–Crippen LogP) is 2.63. The van der Waals surface area contributed by atoms with Crippen LogP contribution in [0.25, 0.3) is 10.9 Å². The molecule has 72 valence electrons. The second-order valence-corrected chi connectivity index (χ2v) is 3.74. The average Bonchev–Trinajstić information content (AvgIpc) is 2.69. The highest BCUT2D eigenvalue weighted by molar-refractivity contribution is 5.86. The van der Waals surface area contributed by atoms with Gasteiger partial charge >= 0.3 is 0 Å². The summed E-state index contributed by atoms with van der Waals surface area (Å²) in [5.74, 6) is 0.170. The summed E-state index contributed by atoms with van der Waals surface area (Å²) in [7, 11) is 0. The molecule has 0 fully saturated rings. The van der Waals surface area contributed by atoms with Gasteiger partial charge in [-0.2, -0.15) is 0 Å². The van der Waals surface area contributed by atoms with Gasteiger partial charge in [0, 0.05) is 35.2 Å².